The molecule has 6 heteroatoms. The van der Waals surface area contributed by atoms with Crippen LogP contribution in [-0.2, 0) is 9.84 Å². The van der Waals surface area contributed by atoms with Gasteiger partial charge in [-0.1, -0.05) is 6.07 Å². The second kappa shape index (κ2) is 6.95. The van der Waals surface area contributed by atoms with Crippen LogP contribution < -0.4 is 5.32 Å². The molecule has 0 fully saturated rings. The van der Waals surface area contributed by atoms with Gasteiger partial charge >= 0.3 is 0 Å². The number of benzene rings is 2. The molecule has 2 aromatic carbocycles. The van der Waals surface area contributed by atoms with E-state index in [9.17, 15) is 12.8 Å². The lowest BCUT2D eigenvalue weighted by atomic mass is 10.3. The van der Waals surface area contributed by atoms with Crippen LogP contribution in [0.5, 0.6) is 0 Å². The van der Waals surface area contributed by atoms with Crippen molar-refractivity contribution in [1.82, 2.24) is 0 Å². The summed E-state index contributed by atoms with van der Waals surface area (Å²) in [7, 11) is -3.14. The zero-order valence-corrected chi connectivity index (χ0v) is 13.2. The molecular weight excluding hydrogens is 309 g/mol. The van der Waals surface area contributed by atoms with E-state index < -0.39 is 9.84 Å². The van der Waals surface area contributed by atoms with Crippen molar-refractivity contribution < 1.29 is 12.8 Å². The summed E-state index contributed by atoms with van der Waals surface area (Å²) in [6, 6.07) is 13.1. The van der Waals surface area contributed by atoms with E-state index in [1.807, 2.05) is 6.07 Å². The molecule has 0 aromatic heterocycles. The number of rotatable bonds is 6. The minimum atomic E-state index is -3.14. The minimum absolute atomic E-state index is 0.260. The van der Waals surface area contributed by atoms with Crippen LogP contribution in [-0.4, -0.2) is 27.0 Å². The number of hydrogen-bond acceptors (Lipinski definition) is 4. The van der Waals surface area contributed by atoms with Crippen LogP contribution >= 0.6 is 11.8 Å². The Morgan fingerprint density at radius 1 is 1.14 bits per heavy atom. The normalized spacial score (nSPS) is 11.3. The highest BCUT2D eigenvalue weighted by molar-refractivity contribution is 7.99. The predicted molar refractivity (Wildman–Crippen MR) is 85.2 cm³/mol. The standard InChI is InChI=1S/C15H16FNO2S2/c1-21(18,19)15-7-5-14(6-8-15)20-10-9-17-13-4-2-3-12(16)11-13/h2-8,11,17H,9-10H2,1H3. The molecule has 0 radical (unpaired) electrons. The van der Waals surface area contributed by atoms with E-state index in [4.69, 9.17) is 0 Å². The van der Waals surface area contributed by atoms with Gasteiger partial charge in [-0.05, 0) is 42.5 Å². The van der Waals surface area contributed by atoms with Crippen molar-refractivity contribution >= 4 is 27.3 Å². The molecule has 0 unspecified atom stereocenters. The van der Waals surface area contributed by atoms with Gasteiger partial charge in [0.2, 0.25) is 0 Å². The van der Waals surface area contributed by atoms with Gasteiger partial charge in [-0.3, -0.25) is 0 Å². The predicted octanol–water partition coefficient (Wildman–Crippen LogP) is 3.43. The molecule has 21 heavy (non-hydrogen) atoms. The molecular formula is C15H16FNO2S2. The molecule has 0 aliphatic carbocycles. The molecule has 0 bridgehead atoms. The largest absolute Gasteiger partial charge is 0.384 e. The number of halogens is 1. The Morgan fingerprint density at radius 3 is 2.48 bits per heavy atom. The van der Waals surface area contributed by atoms with E-state index in [0.717, 1.165) is 16.3 Å². The number of anilines is 1. The van der Waals surface area contributed by atoms with Crippen LogP contribution in [0.3, 0.4) is 0 Å². The lowest BCUT2D eigenvalue weighted by molar-refractivity contribution is 0.602. The quantitative estimate of drug-likeness (QED) is 0.653. The first-order valence-electron chi connectivity index (χ1n) is 6.37. The van der Waals surface area contributed by atoms with Gasteiger partial charge in [0, 0.05) is 29.1 Å². The maximum absolute atomic E-state index is 13.0. The first-order chi connectivity index (χ1) is 9.95. The summed E-state index contributed by atoms with van der Waals surface area (Å²) in [5.74, 6) is 0.540. The van der Waals surface area contributed by atoms with Gasteiger partial charge in [-0.15, -0.1) is 11.8 Å². The third kappa shape index (κ3) is 5.06. The molecule has 2 rings (SSSR count). The number of sulfone groups is 1. The van der Waals surface area contributed by atoms with Crippen LogP contribution in [0.2, 0.25) is 0 Å². The maximum Gasteiger partial charge on any atom is 0.175 e. The number of thioether (sulfide) groups is 1. The molecule has 0 saturated carbocycles. The number of nitrogens with one attached hydrogen (secondary N) is 1. The Morgan fingerprint density at radius 2 is 1.86 bits per heavy atom. The van der Waals surface area contributed by atoms with Gasteiger partial charge in [0.05, 0.1) is 4.90 Å². The third-order valence-electron chi connectivity index (χ3n) is 2.78. The molecule has 0 spiro atoms. The number of hydrogen-bond donors (Lipinski definition) is 1. The zero-order chi connectivity index (χ0) is 15.3. The van der Waals surface area contributed by atoms with Gasteiger partial charge in [-0.25, -0.2) is 12.8 Å². The molecule has 3 nitrogen and oxygen atoms in total. The van der Waals surface area contributed by atoms with Gasteiger partial charge in [0.1, 0.15) is 5.82 Å². The van der Waals surface area contributed by atoms with E-state index in [0.29, 0.717) is 11.4 Å². The van der Waals surface area contributed by atoms with Crippen molar-refractivity contribution in [3.05, 3.63) is 54.3 Å². The van der Waals surface area contributed by atoms with Crippen LogP contribution in [0.4, 0.5) is 10.1 Å². The smallest absolute Gasteiger partial charge is 0.175 e. The Bertz CT molecular complexity index is 700. The fraction of sp³-hybridized carbons (Fsp3) is 0.200. The fourth-order valence-electron chi connectivity index (χ4n) is 1.75. The molecule has 0 heterocycles. The monoisotopic (exact) mass is 325 g/mol. The van der Waals surface area contributed by atoms with Crippen LogP contribution in [0.25, 0.3) is 0 Å². The summed E-state index contributed by atoms with van der Waals surface area (Å²) in [5.41, 5.74) is 0.753. The molecule has 0 atom stereocenters. The minimum Gasteiger partial charge on any atom is -0.384 e. The fourth-order valence-corrected chi connectivity index (χ4v) is 3.14. The van der Waals surface area contributed by atoms with Crippen LogP contribution in [0.1, 0.15) is 0 Å². The SMILES string of the molecule is CS(=O)(=O)c1ccc(SCCNc2cccc(F)c2)cc1. The molecule has 1 N–H and O–H groups in total. The van der Waals surface area contributed by atoms with Crippen LogP contribution in [0, 0.1) is 5.82 Å². The first-order valence-corrected chi connectivity index (χ1v) is 9.25. The summed E-state index contributed by atoms with van der Waals surface area (Å²) in [4.78, 5) is 1.33. The summed E-state index contributed by atoms with van der Waals surface area (Å²) in [6.07, 6.45) is 1.19. The molecule has 0 amide bonds. The first kappa shape index (κ1) is 15.9. The van der Waals surface area contributed by atoms with Gasteiger partial charge in [0.25, 0.3) is 0 Å². The average molecular weight is 325 g/mol. The van der Waals surface area contributed by atoms with Crippen molar-refractivity contribution in [3.63, 3.8) is 0 Å². The van der Waals surface area contributed by atoms with Crippen molar-refractivity contribution in [1.29, 1.82) is 0 Å². The van der Waals surface area contributed by atoms with Gasteiger partial charge in [0.15, 0.2) is 9.84 Å². The maximum atomic E-state index is 13.0. The second-order valence-electron chi connectivity index (χ2n) is 4.53. The van der Waals surface area contributed by atoms with E-state index in [1.54, 1.807) is 42.1 Å². The van der Waals surface area contributed by atoms with E-state index in [-0.39, 0.29) is 5.82 Å². The van der Waals surface area contributed by atoms with Gasteiger partial charge in [-0.2, -0.15) is 0 Å². The van der Waals surface area contributed by atoms with Crippen molar-refractivity contribution in [2.45, 2.75) is 9.79 Å². The Labute approximate surface area is 128 Å². The lowest BCUT2D eigenvalue weighted by Crippen LogP contribution is -2.04. The second-order valence-corrected chi connectivity index (χ2v) is 7.71. The topological polar surface area (TPSA) is 46.2 Å². The van der Waals surface area contributed by atoms with E-state index >= 15 is 0 Å². The lowest BCUT2D eigenvalue weighted by Gasteiger charge is -2.06. The highest BCUT2D eigenvalue weighted by Gasteiger charge is 2.06. The van der Waals surface area contributed by atoms with Crippen molar-refractivity contribution in [2.24, 2.45) is 0 Å². The van der Waals surface area contributed by atoms with E-state index in [2.05, 4.69) is 5.32 Å². The van der Waals surface area contributed by atoms with Crippen molar-refractivity contribution in [3.8, 4) is 0 Å². The third-order valence-corrected chi connectivity index (χ3v) is 4.92. The Hall–Kier alpha value is -1.53. The summed E-state index contributed by atoms with van der Waals surface area (Å²) in [5, 5.41) is 3.13. The average Bonchev–Trinajstić information content (AvgIpc) is 2.43. The zero-order valence-electron chi connectivity index (χ0n) is 11.5. The summed E-state index contributed by atoms with van der Waals surface area (Å²) >= 11 is 1.61. The van der Waals surface area contributed by atoms with Crippen LogP contribution in [0.15, 0.2) is 58.3 Å². The van der Waals surface area contributed by atoms with E-state index in [1.165, 1.54) is 18.4 Å². The molecule has 0 saturated heterocycles. The highest BCUT2D eigenvalue weighted by Crippen LogP contribution is 2.20. The summed E-state index contributed by atoms with van der Waals surface area (Å²) < 4.78 is 35.7. The molecule has 0 aliphatic rings. The molecule has 112 valence electrons. The van der Waals surface area contributed by atoms with Gasteiger partial charge < -0.3 is 5.32 Å². The Balaban J connectivity index is 1.81. The van der Waals surface area contributed by atoms with Crippen molar-refractivity contribution in [2.75, 3.05) is 23.9 Å². The molecule has 0 aliphatic heterocycles. The Kier molecular flexibility index (Phi) is 5.25. The molecule has 2 aromatic rings. The highest BCUT2D eigenvalue weighted by atomic mass is 32.2. The summed E-state index contributed by atoms with van der Waals surface area (Å²) in [6.45, 7) is 0.696.